The van der Waals surface area contributed by atoms with E-state index in [4.69, 9.17) is 0 Å². The number of H-pyrrole nitrogens is 1. The number of rotatable bonds is 8. The lowest BCUT2D eigenvalue weighted by atomic mass is 10.1. The molecule has 0 fully saturated rings. The second kappa shape index (κ2) is 11.2. The van der Waals surface area contributed by atoms with Gasteiger partial charge in [-0.1, -0.05) is 36.4 Å². The van der Waals surface area contributed by atoms with E-state index in [0.717, 1.165) is 16.7 Å². The number of nitrogens with one attached hydrogen (secondary N) is 3. The summed E-state index contributed by atoms with van der Waals surface area (Å²) >= 11 is 0. The molecule has 0 aliphatic carbocycles. The Morgan fingerprint density at radius 3 is 2.38 bits per heavy atom. The summed E-state index contributed by atoms with van der Waals surface area (Å²) in [5, 5.41) is 19.5. The Hall–Kier alpha value is -5.00. The van der Waals surface area contributed by atoms with Crippen LogP contribution in [0.15, 0.2) is 60.9 Å². The molecule has 3 N–H and O–H groups in total. The van der Waals surface area contributed by atoms with E-state index in [-0.39, 0.29) is 29.9 Å². The summed E-state index contributed by atoms with van der Waals surface area (Å²) in [4.78, 5) is 47.1. The van der Waals surface area contributed by atoms with Crippen LogP contribution in [-0.2, 0) is 6.54 Å². The van der Waals surface area contributed by atoms with Crippen LogP contribution in [0.25, 0.3) is 11.4 Å². The van der Waals surface area contributed by atoms with Crippen molar-refractivity contribution in [2.75, 3.05) is 14.1 Å². The van der Waals surface area contributed by atoms with Crippen LogP contribution in [0.2, 0.25) is 0 Å². The molecule has 2 heterocycles. The number of nitrogens with zero attached hydrogens (tertiary/aromatic N) is 6. The molecule has 4 rings (SSSR count). The Morgan fingerprint density at radius 2 is 1.70 bits per heavy atom. The van der Waals surface area contributed by atoms with Crippen molar-refractivity contribution >= 4 is 17.7 Å². The van der Waals surface area contributed by atoms with Crippen molar-refractivity contribution < 1.29 is 14.4 Å². The maximum Gasteiger partial charge on any atom is 0.270 e. The molecule has 0 unspecified atom stereocenters. The Kier molecular flexibility index (Phi) is 7.57. The second-order valence-corrected chi connectivity index (χ2v) is 8.42. The monoisotopic (exact) mass is 499 g/mol. The molecular formula is C25H25N9O3. The van der Waals surface area contributed by atoms with Gasteiger partial charge in [0, 0.05) is 37.8 Å². The Bertz CT molecular complexity index is 1400. The quantitative estimate of drug-likeness (QED) is 0.331. The molecule has 0 spiro atoms. The third-order valence-corrected chi connectivity index (χ3v) is 5.53. The summed E-state index contributed by atoms with van der Waals surface area (Å²) < 4.78 is 0. The highest BCUT2D eigenvalue weighted by atomic mass is 16.2. The van der Waals surface area contributed by atoms with Gasteiger partial charge in [-0.15, -0.1) is 10.2 Å². The van der Waals surface area contributed by atoms with Crippen LogP contribution >= 0.6 is 0 Å². The van der Waals surface area contributed by atoms with E-state index >= 15 is 0 Å². The van der Waals surface area contributed by atoms with Gasteiger partial charge in [0.05, 0.1) is 6.04 Å². The molecule has 2 aromatic carbocycles. The molecule has 0 aliphatic heterocycles. The smallest absolute Gasteiger partial charge is 0.270 e. The highest BCUT2D eigenvalue weighted by Crippen LogP contribution is 2.18. The van der Waals surface area contributed by atoms with Crippen LogP contribution in [0, 0.1) is 0 Å². The van der Waals surface area contributed by atoms with Crippen molar-refractivity contribution in [3.63, 3.8) is 0 Å². The van der Waals surface area contributed by atoms with E-state index in [9.17, 15) is 14.4 Å². The van der Waals surface area contributed by atoms with Gasteiger partial charge < -0.3 is 15.5 Å². The summed E-state index contributed by atoms with van der Waals surface area (Å²) in [6.45, 7) is 2.03. The largest absolute Gasteiger partial charge is 0.347 e. The summed E-state index contributed by atoms with van der Waals surface area (Å²) in [5.41, 5.74) is 3.05. The van der Waals surface area contributed by atoms with Crippen molar-refractivity contribution in [3.8, 4) is 11.4 Å². The zero-order chi connectivity index (χ0) is 26.4. The highest BCUT2D eigenvalue weighted by Gasteiger charge is 2.17. The molecule has 12 heteroatoms. The Labute approximate surface area is 212 Å². The first-order valence-electron chi connectivity index (χ1n) is 11.4. The number of aromatic nitrogens is 6. The predicted octanol–water partition coefficient (Wildman–Crippen LogP) is 1.78. The van der Waals surface area contributed by atoms with E-state index in [1.54, 1.807) is 32.3 Å². The van der Waals surface area contributed by atoms with Crippen LogP contribution in [0.3, 0.4) is 0 Å². The number of amides is 3. The molecular weight excluding hydrogens is 474 g/mol. The molecule has 0 radical (unpaired) electrons. The average molecular weight is 500 g/mol. The molecule has 188 valence electrons. The number of hydrogen-bond acceptors (Lipinski definition) is 8. The van der Waals surface area contributed by atoms with Crippen molar-refractivity contribution in [2.24, 2.45) is 0 Å². The minimum atomic E-state index is -0.467. The number of benzene rings is 2. The summed E-state index contributed by atoms with van der Waals surface area (Å²) in [5.74, 6) is -0.562. The zero-order valence-electron chi connectivity index (χ0n) is 20.5. The molecule has 3 amide bonds. The Balaban J connectivity index is 1.37. The Morgan fingerprint density at radius 1 is 0.973 bits per heavy atom. The maximum atomic E-state index is 12.8. The van der Waals surface area contributed by atoms with E-state index < -0.39 is 11.8 Å². The molecule has 0 saturated carbocycles. The molecule has 2 aromatic heterocycles. The van der Waals surface area contributed by atoms with Gasteiger partial charge in [0.25, 0.3) is 17.7 Å². The standard InChI is InChI=1S/C25H25N9O3/c1-15(17-7-9-18(10-8-17)22-30-32-33-31-22)29-24(36)21-12-20(27-14-28-21)23(35)26-13-16-5-4-6-19(11-16)25(37)34(2)3/h4-12,14-15H,13H2,1-3H3,(H,26,35)(H,29,36)(H,30,31,32,33)/t15-/m0/s1. The first-order chi connectivity index (χ1) is 17.8. The van der Waals surface area contributed by atoms with Crippen LogP contribution in [0.5, 0.6) is 0 Å². The number of aromatic amines is 1. The van der Waals surface area contributed by atoms with E-state index in [0.29, 0.717) is 11.4 Å². The van der Waals surface area contributed by atoms with Gasteiger partial charge in [-0.3, -0.25) is 14.4 Å². The fraction of sp³-hybridized carbons (Fsp3) is 0.200. The zero-order valence-corrected chi connectivity index (χ0v) is 20.5. The predicted molar refractivity (Wildman–Crippen MR) is 133 cm³/mol. The minimum absolute atomic E-state index is 0.0535. The van der Waals surface area contributed by atoms with E-state index in [2.05, 4.69) is 41.2 Å². The van der Waals surface area contributed by atoms with Crippen molar-refractivity contribution in [1.29, 1.82) is 0 Å². The molecule has 1 atom stereocenters. The molecule has 12 nitrogen and oxygen atoms in total. The third kappa shape index (κ3) is 6.17. The van der Waals surface area contributed by atoms with E-state index in [1.807, 2.05) is 37.3 Å². The average Bonchev–Trinajstić information content (AvgIpc) is 3.46. The number of hydrogen-bond donors (Lipinski definition) is 3. The minimum Gasteiger partial charge on any atom is -0.347 e. The number of carbonyl (C=O) groups is 3. The molecule has 4 aromatic rings. The van der Waals surface area contributed by atoms with Crippen molar-refractivity contribution in [1.82, 2.24) is 46.1 Å². The normalized spacial score (nSPS) is 11.4. The van der Waals surface area contributed by atoms with Gasteiger partial charge in [-0.25, -0.2) is 9.97 Å². The third-order valence-electron chi connectivity index (χ3n) is 5.53. The fourth-order valence-electron chi connectivity index (χ4n) is 3.51. The highest BCUT2D eigenvalue weighted by molar-refractivity contribution is 5.97. The molecule has 0 aliphatic rings. The first kappa shape index (κ1) is 25.1. The lowest BCUT2D eigenvalue weighted by Crippen LogP contribution is -2.29. The maximum absolute atomic E-state index is 12.8. The SMILES string of the molecule is C[C@H](NC(=O)c1cc(C(=O)NCc2cccc(C(=O)N(C)C)c2)ncn1)c1ccc(-c2nn[nH]n2)cc1. The summed E-state index contributed by atoms with van der Waals surface area (Å²) in [6.07, 6.45) is 1.17. The summed E-state index contributed by atoms with van der Waals surface area (Å²) in [7, 11) is 3.35. The lowest BCUT2D eigenvalue weighted by Gasteiger charge is -2.14. The number of tetrazole rings is 1. The van der Waals surface area contributed by atoms with Crippen LogP contribution in [0.4, 0.5) is 0 Å². The molecule has 37 heavy (non-hydrogen) atoms. The van der Waals surface area contributed by atoms with E-state index in [1.165, 1.54) is 17.3 Å². The van der Waals surface area contributed by atoms with Crippen LogP contribution in [0.1, 0.15) is 55.4 Å². The second-order valence-electron chi connectivity index (χ2n) is 8.42. The van der Waals surface area contributed by atoms with Crippen LogP contribution < -0.4 is 10.6 Å². The molecule has 0 bridgehead atoms. The van der Waals surface area contributed by atoms with Crippen molar-refractivity contribution in [3.05, 3.63) is 89.0 Å². The lowest BCUT2D eigenvalue weighted by molar-refractivity contribution is 0.0826. The van der Waals surface area contributed by atoms with Gasteiger partial charge >= 0.3 is 0 Å². The van der Waals surface area contributed by atoms with Gasteiger partial charge in [0.1, 0.15) is 17.7 Å². The summed E-state index contributed by atoms with van der Waals surface area (Å²) in [6, 6.07) is 15.4. The fourth-order valence-corrected chi connectivity index (χ4v) is 3.51. The van der Waals surface area contributed by atoms with Gasteiger partial charge in [0.15, 0.2) is 0 Å². The van der Waals surface area contributed by atoms with Gasteiger partial charge in [-0.05, 0) is 35.4 Å². The molecule has 0 saturated heterocycles. The topological polar surface area (TPSA) is 159 Å². The first-order valence-corrected chi connectivity index (χ1v) is 11.4. The van der Waals surface area contributed by atoms with Crippen LogP contribution in [-0.4, -0.2) is 67.3 Å². The van der Waals surface area contributed by atoms with Gasteiger partial charge in [-0.2, -0.15) is 5.21 Å². The van der Waals surface area contributed by atoms with Gasteiger partial charge in [0.2, 0.25) is 5.82 Å². The number of carbonyl (C=O) groups excluding carboxylic acids is 3. The van der Waals surface area contributed by atoms with Crippen molar-refractivity contribution in [2.45, 2.75) is 19.5 Å².